The average Bonchev–Trinajstić information content (AvgIpc) is 2.82. The van der Waals surface area contributed by atoms with E-state index < -0.39 is 46.6 Å². The number of ether oxygens (including phenoxy) is 1. The molecule has 0 aromatic heterocycles. The molecule has 0 aliphatic carbocycles. The highest BCUT2D eigenvalue weighted by atomic mass is 32.2. The van der Waals surface area contributed by atoms with Crippen molar-refractivity contribution in [3.63, 3.8) is 0 Å². The molecule has 0 radical (unpaired) electrons. The van der Waals surface area contributed by atoms with Gasteiger partial charge >= 0.3 is 18.1 Å². The number of hydrogen-bond acceptors (Lipinski definition) is 7. The SMILES string of the molecule is NCCCOc1ccc(C(=O)NCC(NS(=O)(=O)c2ccccc2)C(=O)O)cc1.O=C(O)C(F)(F)F. The fourth-order valence-corrected chi connectivity index (χ4v) is 3.52. The average molecular weight is 535 g/mol. The molecular formula is C21H24F3N3O8S. The fourth-order valence-electron chi connectivity index (χ4n) is 2.31. The van der Waals surface area contributed by atoms with Gasteiger partial charge < -0.3 is 26.0 Å². The van der Waals surface area contributed by atoms with Gasteiger partial charge in [-0.15, -0.1) is 0 Å². The minimum absolute atomic E-state index is 0.0669. The summed E-state index contributed by atoms with van der Waals surface area (Å²) in [4.78, 5) is 32.5. The number of nitrogens with two attached hydrogens (primary N) is 1. The van der Waals surface area contributed by atoms with Gasteiger partial charge in [0.05, 0.1) is 11.5 Å². The normalized spacial score (nSPS) is 12.0. The van der Waals surface area contributed by atoms with E-state index in [4.69, 9.17) is 20.4 Å². The van der Waals surface area contributed by atoms with Crippen molar-refractivity contribution < 1.29 is 50.9 Å². The quantitative estimate of drug-likeness (QED) is 0.264. The number of carboxylic acids is 2. The predicted octanol–water partition coefficient (Wildman–Crippen LogP) is 1.21. The Morgan fingerprint density at radius 1 is 1.00 bits per heavy atom. The highest BCUT2D eigenvalue weighted by Crippen LogP contribution is 2.14. The van der Waals surface area contributed by atoms with Crippen LogP contribution in [0, 0.1) is 0 Å². The Labute approximate surface area is 204 Å². The van der Waals surface area contributed by atoms with Crippen LogP contribution in [0.15, 0.2) is 59.5 Å². The molecule has 1 unspecified atom stereocenters. The van der Waals surface area contributed by atoms with Crippen molar-refractivity contribution in [1.29, 1.82) is 0 Å². The van der Waals surface area contributed by atoms with Gasteiger partial charge in [-0.1, -0.05) is 18.2 Å². The van der Waals surface area contributed by atoms with Crippen molar-refractivity contribution in [2.45, 2.75) is 23.5 Å². The molecule has 0 saturated heterocycles. The molecule has 0 aliphatic rings. The van der Waals surface area contributed by atoms with Crippen LogP contribution >= 0.6 is 0 Å². The highest BCUT2D eigenvalue weighted by molar-refractivity contribution is 7.89. The molecule has 6 N–H and O–H groups in total. The molecule has 15 heteroatoms. The Hall–Kier alpha value is -3.69. The molecule has 0 fully saturated rings. The summed E-state index contributed by atoms with van der Waals surface area (Å²) in [5, 5.41) is 18.8. The molecule has 0 heterocycles. The van der Waals surface area contributed by atoms with Crippen LogP contribution in [0.3, 0.4) is 0 Å². The number of hydrogen-bond donors (Lipinski definition) is 5. The van der Waals surface area contributed by atoms with Crippen molar-refractivity contribution in [2.24, 2.45) is 5.73 Å². The van der Waals surface area contributed by atoms with Gasteiger partial charge in [-0.05, 0) is 49.4 Å². The minimum Gasteiger partial charge on any atom is -0.494 e. The summed E-state index contributed by atoms with van der Waals surface area (Å²) in [6.07, 6.45) is -4.38. The summed E-state index contributed by atoms with van der Waals surface area (Å²) in [7, 11) is -4.04. The lowest BCUT2D eigenvalue weighted by molar-refractivity contribution is -0.192. The second-order valence-electron chi connectivity index (χ2n) is 6.85. The summed E-state index contributed by atoms with van der Waals surface area (Å²) < 4.78 is 63.9. The van der Waals surface area contributed by atoms with Gasteiger partial charge in [-0.3, -0.25) is 9.59 Å². The number of carbonyl (C=O) groups excluding carboxylic acids is 1. The van der Waals surface area contributed by atoms with E-state index in [0.29, 0.717) is 25.3 Å². The lowest BCUT2D eigenvalue weighted by atomic mass is 10.2. The van der Waals surface area contributed by atoms with Crippen LogP contribution in [0.2, 0.25) is 0 Å². The Kier molecular flexibility index (Phi) is 11.8. The summed E-state index contributed by atoms with van der Waals surface area (Å²) >= 11 is 0. The first kappa shape index (κ1) is 30.3. The molecule has 0 saturated carbocycles. The molecule has 2 rings (SSSR count). The number of alkyl halides is 3. The van der Waals surface area contributed by atoms with Gasteiger partial charge in [0.15, 0.2) is 0 Å². The first-order valence-corrected chi connectivity index (χ1v) is 11.6. The number of halogens is 3. The van der Waals surface area contributed by atoms with Crippen LogP contribution in [-0.2, 0) is 19.6 Å². The smallest absolute Gasteiger partial charge is 0.490 e. The van der Waals surface area contributed by atoms with Crippen LogP contribution in [0.5, 0.6) is 5.75 Å². The Balaban J connectivity index is 0.000000809. The van der Waals surface area contributed by atoms with E-state index in [2.05, 4.69) is 10.0 Å². The van der Waals surface area contributed by atoms with E-state index in [-0.39, 0.29) is 10.5 Å². The highest BCUT2D eigenvalue weighted by Gasteiger charge is 2.38. The second kappa shape index (κ2) is 14.0. The third kappa shape index (κ3) is 10.7. The first-order valence-electron chi connectivity index (χ1n) is 10.1. The number of carboxylic acid groups (broad SMARTS) is 2. The van der Waals surface area contributed by atoms with Crippen molar-refractivity contribution in [3.8, 4) is 5.75 Å². The van der Waals surface area contributed by atoms with E-state index in [1.54, 1.807) is 18.2 Å². The second-order valence-corrected chi connectivity index (χ2v) is 8.57. The predicted molar refractivity (Wildman–Crippen MR) is 120 cm³/mol. The zero-order valence-electron chi connectivity index (χ0n) is 18.6. The summed E-state index contributed by atoms with van der Waals surface area (Å²) in [6.45, 7) is 0.554. The maximum absolute atomic E-state index is 12.3. The van der Waals surface area contributed by atoms with Crippen molar-refractivity contribution in [2.75, 3.05) is 19.7 Å². The van der Waals surface area contributed by atoms with E-state index in [1.807, 2.05) is 0 Å². The maximum atomic E-state index is 12.3. The maximum Gasteiger partial charge on any atom is 0.490 e. The Morgan fingerprint density at radius 2 is 1.56 bits per heavy atom. The first-order chi connectivity index (χ1) is 16.8. The van der Waals surface area contributed by atoms with E-state index >= 15 is 0 Å². The summed E-state index contributed by atoms with van der Waals surface area (Å²) in [5.74, 6) is -4.13. The molecule has 1 amide bonds. The molecule has 11 nitrogen and oxygen atoms in total. The number of carbonyl (C=O) groups is 3. The summed E-state index contributed by atoms with van der Waals surface area (Å²) in [5.41, 5.74) is 5.67. The molecule has 0 bridgehead atoms. The van der Waals surface area contributed by atoms with Crippen molar-refractivity contribution >= 4 is 27.9 Å². The molecule has 198 valence electrons. The lowest BCUT2D eigenvalue weighted by Gasteiger charge is -2.16. The number of sulfonamides is 1. The molecule has 1 atom stereocenters. The third-order valence-electron chi connectivity index (χ3n) is 4.09. The number of benzene rings is 2. The number of amides is 1. The standard InChI is InChI=1S/C19H23N3O6S.C2HF3O2/c20-11-4-12-28-15-9-7-14(8-10-15)18(23)21-13-17(19(24)25)22-29(26,27)16-5-2-1-3-6-16;3-2(4,5)1(6)7/h1-3,5-10,17,22H,4,11-13,20H2,(H,21,23)(H,24,25);(H,6,7). The Bertz CT molecular complexity index is 1110. The van der Waals surface area contributed by atoms with Crippen molar-refractivity contribution in [3.05, 3.63) is 60.2 Å². The molecule has 0 spiro atoms. The monoisotopic (exact) mass is 535 g/mol. The van der Waals surface area contributed by atoms with E-state index in [0.717, 1.165) is 0 Å². The van der Waals surface area contributed by atoms with Gasteiger partial charge in [-0.2, -0.15) is 17.9 Å². The fraction of sp³-hybridized carbons (Fsp3) is 0.286. The van der Waals surface area contributed by atoms with Crippen LogP contribution in [0.25, 0.3) is 0 Å². The van der Waals surface area contributed by atoms with E-state index in [1.165, 1.54) is 36.4 Å². The largest absolute Gasteiger partial charge is 0.494 e. The molecule has 36 heavy (non-hydrogen) atoms. The third-order valence-corrected chi connectivity index (χ3v) is 5.58. The van der Waals surface area contributed by atoms with Crippen molar-refractivity contribution in [1.82, 2.24) is 10.0 Å². The van der Waals surface area contributed by atoms with Crippen LogP contribution in [0.1, 0.15) is 16.8 Å². The van der Waals surface area contributed by atoms with Gasteiger partial charge in [0.25, 0.3) is 5.91 Å². The van der Waals surface area contributed by atoms with Gasteiger partial charge in [0.2, 0.25) is 10.0 Å². The molecular weight excluding hydrogens is 511 g/mol. The van der Waals surface area contributed by atoms with E-state index in [9.17, 15) is 36.3 Å². The Morgan fingerprint density at radius 3 is 2.03 bits per heavy atom. The molecule has 2 aromatic rings. The lowest BCUT2D eigenvalue weighted by Crippen LogP contribution is -2.48. The van der Waals surface area contributed by atoms with Crippen LogP contribution < -0.4 is 20.5 Å². The van der Waals surface area contributed by atoms with Gasteiger partial charge in [-0.25, -0.2) is 13.2 Å². The number of aliphatic carboxylic acids is 2. The minimum atomic E-state index is -5.08. The van der Waals surface area contributed by atoms with Gasteiger partial charge in [0.1, 0.15) is 11.8 Å². The topological polar surface area (TPSA) is 185 Å². The molecule has 0 aliphatic heterocycles. The summed E-state index contributed by atoms with van der Waals surface area (Å²) in [6, 6.07) is 12.1. The zero-order chi connectivity index (χ0) is 27.4. The number of nitrogens with one attached hydrogen (secondary N) is 2. The number of rotatable bonds is 11. The van der Waals surface area contributed by atoms with Gasteiger partial charge in [0, 0.05) is 12.1 Å². The molecule has 2 aromatic carbocycles. The van der Waals surface area contributed by atoms with Crippen LogP contribution in [0.4, 0.5) is 13.2 Å². The zero-order valence-corrected chi connectivity index (χ0v) is 19.4. The van der Waals surface area contributed by atoms with Crippen LogP contribution in [-0.4, -0.2) is 68.4 Å².